The quantitative estimate of drug-likeness (QED) is 0.686. The van der Waals surface area contributed by atoms with Crippen molar-refractivity contribution < 1.29 is 9.84 Å². The van der Waals surface area contributed by atoms with Crippen molar-refractivity contribution in [3.05, 3.63) is 64.7 Å². The van der Waals surface area contributed by atoms with Gasteiger partial charge in [0.1, 0.15) is 11.3 Å². The number of fused-ring (bicyclic) bond motifs is 1. The van der Waals surface area contributed by atoms with Gasteiger partial charge in [-0.2, -0.15) is 0 Å². The number of aliphatic hydroxyl groups is 1. The van der Waals surface area contributed by atoms with Gasteiger partial charge in [0.2, 0.25) is 0 Å². The Bertz CT molecular complexity index is 1020. The number of hydrogen-bond donors (Lipinski definition) is 2. The number of benzene rings is 1. The first-order valence-corrected chi connectivity index (χ1v) is 8.59. The minimum Gasteiger partial charge on any atom is -0.496 e. The molecule has 5 nitrogen and oxygen atoms in total. The third-order valence-corrected chi connectivity index (χ3v) is 4.53. The van der Waals surface area contributed by atoms with Crippen molar-refractivity contribution in [2.75, 3.05) is 7.11 Å². The number of aromatic amines is 1. The van der Waals surface area contributed by atoms with Crippen LogP contribution >= 0.6 is 0 Å². The van der Waals surface area contributed by atoms with E-state index in [-0.39, 0.29) is 5.56 Å². The summed E-state index contributed by atoms with van der Waals surface area (Å²) in [5.74, 6) is 0.656. The molecule has 0 radical (unpaired) electrons. The molecular formula is C21H24N2O3. The second-order valence-corrected chi connectivity index (χ2v) is 6.81. The van der Waals surface area contributed by atoms with Gasteiger partial charge in [-0.25, -0.2) is 0 Å². The summed E-state index contributed by atoms with van der Waals surface area (Å²) in [6.07, 6.45) is 7.49. The zero-order valence-electron chi connectivity index (χ0n) is 15.5. The number of methoxy groups -OCH3 is 1. The average Bonchev–Trinajstić information content (AvgIpc) is 3.10. The molecule has 0 unspecified atom stereocenters. The third kappa shape index (κ3) is 3.18. The molecule has 3 rings (SSSR count). The predicted octanol–water partition coefficient (Wildman–Crippen LogP) is 3.81. The molecule has 3 aromatic rings. The minimum absolute atomic E-state index is 0.0565. The Labute approximate surface area is 152 Å². The van der Waals surface area contributed by atoms with Crippen LogP contribution < -0.4 is 10.3 Å². The van der Waals surface area contributed by atoms with E-state index in [0.717, 1.165) is 22.1 Å². The molecule has 0 fully saturated rings. The maximum Gasteiger partial charge on any atom is 0.275 e. The number of allylic oxidation sites excluding steroid dienone is 2. The molecule has 2 heterocycles. The summed E-state index contributed by atoms with van der Waals surface area (Å²) >= 11 is 0. The number of rotatable bonds is 5. The van der Waals surface area contributed by atoms with Crippen LogP contribution in [-0.4, -0.2) is 21.8 Å². The monoisotopic (exact) mass is 352 g/mol. The fraction of sp³-hybridized carbons (Fsp3) is 0.286. The second-order valence-electron chi connectivity index (χ2n) is 6.81. The van der Waals surface area contributed by atoms with E-state index < -0.39 is 5.60 Å². The van der Waals surface area contributed by atoms with E-state index in [0.29, 0.717) is 17.8 Å². The zero-order chi connectivity index (χ0) is 18.9. The Balaban J connectivity index is 2.26. The second kappa shape index (κ2) is 6.84. The normalized spacial score (nSPS) is 12.2. The summed E-state index contributed by atoms with van der Waals surface area (Å²) in [5.41, 5.74) is 2.11. The van der Waals surface area contributed by atoms with Gasteiger partial charge in [-0.3, -0.25) is 4.79 Å². The fourth-order valence-electron chi connectivity index (χ4n) is 3.06. The number of pyridine rings is 1. The third-order valence-electron chi connectivity index (χ3n) is 4.53. The van der Waals surface area contributed by atoms with Gasteiger partial charge in [0.25, 0.3) is 5.56 Å². The molecule has 0 atom stereocenters. The lowest BCUT2D eigenvalue weighted by molar-refractivity contribution is 0.0783. The largest absolute Gasteiger partial charge is 0.496 e. The van der Waals surface area contributed by atoms with Crippen LogP contribution in [0.5, 0.6) is 5.75 Å². The van der Waals surface area contributed by atoms with E-state index in [4.69, 9.17) is 4.74 Å². The molecule has 5 heteroatoms. The highest BCUT2D eigenvalue weighted by molar-refractivity contribution is 5.95. The lowest BCUT2D eigenvalue weighted by atomic mass is 9.94. The van der Waals surface area contributed by atoms with E-state index in [1.807, 2.05) is 49.5 Å². The Morgan fingerprint density at radius 2 is 2.04 bits per heavy atom. The number of H-pyrrole nitrogens is 1. The molecule has 136 valence electrons. The van der Waals surface area contributed by atoms with E-state index in [1.165, 1.54) is 0 Å². The van der Waals surface area contributed by atoms with E-state index in [1.54, 1.807) is 31.7 Å². The van der Waals surface area contributed by atoms with Crippen LogP contribution in [0.4, 0.5) is 0 Å². The standard InChI is InChI=1S/C21H24N2O3/c1-5-6-11-23-13-17(16-9-10-22-19(16)20(23)24)15-8-7-14(21(2,3)25)12-18(15)26-4/h5-10,12-13,22,25H,11H2,1-4H3/b6-5+. The summed E-state index contributed by atoms with van der Waals surface area (Å²) in [6.45, 7) is 5.91. The molecule has 0 aliphatic rings. The summed E-state index contributed by atoms with van der Waals surface area (Å²) in [6, 6.07) is 7.56. The highest BCUT2D eigenvalue weighted by Gasteiger charge is 2.20. The first kappa shape index (κ1) is 18.0. The first-order valence-electron chi connectivity index (χ1n) is 8.59. The Morgan fingerprint density at radius 1 is 1.27 bits per heavy atom. The molecule has 26 heavy (non-hydrogen) atoms. The van der Waals surface area contributed by atoms with E-state index in [2.05, 4.69) is 4.98 Å². The van der Waals surface area contributed by atoms with Gasteiger partial charge in [0.05, 0.1) is 12.7 Å². The summed E-state index contributed by atoms with van der Waals surface area (Å²) < 4.78 is 7.27. The van der Waals surface area contributed by atoms with Crippen LogP contribution in [0.2, 0.25) is 0 Å². The first-order chi connectivity index (χ1) is 12.4. The maximum atomic E-state index is 12.7. The maximum absolute atomic E-state index is 12.7. The van der Waals surface area contributed by atoms with Gasteiger partial charge in [-0.15, -0.1) is 0 Å². The highest BCUT2D eigenvalue weighted by Crippen LogP contribution is 2.36. The predicted molar refractivity (Wildman–Crippen MR) is 105 cm³/mol. The Hall–Kier alpha value is -2.79. The van der Waals surface area contributed by atoms with Crippen molar-refractivity contribution in [3.8, 4) is 16.9 Å². The molecule has 0 aliphatic carbocycles. The van der Waals surface area contributed by atoms with E-state index >= 15 is 0 Å². The van der Waals surface area contributed by atoms with Gasteiger partial charge in [0, 0.05) is 35.5 Å². The van der Waals surface area contributed by atoms with Crippen LogP contribution in [0, 0.1) is 0 Å². The lowest BCUT2D eigenvalue weighted by Crippen LogP contribution is -2.19. The van der Waals surface area contributed by atoms with Crippen molar-refractivity contribution in [2.45, 2.75) is 32.9 Å². The lowest BCUT2D eigenvalue weighted by Gasteiger charge is -2.20. The Morgan fingerprint density at radius 3 is 2.69 bits per heavy atom. The zero-order valence-corrected chi connectivity index (χ0v) is 15.5. The molecule has 0 spiro atoms. The molecule has 2 aromatic heterocycles. The summed E-state index contributed by atoms with van der Waals surface area (Å²) in [5, 5.41) is 11.1. The van der Waals surface area contributed by atoms with Crippen molar-refractivity contribution in [2.24, 2.45) is 0 Å². The fourth-order valence-corrected chi connectivity index (χ4v) is 3.06. The Kier molecular flexibility index (Phi) is 4.74. The van der Waals surface area contributed by atoms with Crippen LogP contribution in [0.1, 0.15) is 26.3 Å². The number of hydrogen-bond acceptors (Lipinski definition) is 3. The number of nitrogens with one attached hydrogen (secondary N) is 1. The van der Waals surface area contributed by atoms with Crippen molar-refractivity contribution >= 4 is 10.9 Å². The van der Waals surface area contributed by atoms with Crippen LogP contribution in [0.15, 0.2) is 53.6 Å². The molecule has 0 saturated heterocycles. The molecule has 0 saturated carbocycles. The molecule has 0 bridgehead atoms. The minimum atomic E-state index is -0.958. The smallest absolute Gasteiger partial charge is 0.275 e. The molecular weight excluding hydrogens is 328 g/mol. The molecule has 1 aromatic carbocycles. The molecule has 0 aliphatic heterocycles. The van der Waals surface area contributed by atoms with Crippen LogP contribution in [0.3, 0.4) is 0 Å². The van der Waals surface area contributed by atoms with E-state index in [9.17, 15) is 9.90 Å². The van der Waals surface area contributed by atoms with Crippen LogP contribution in [0.25, 0.3) is 22.0 Å². The van der Waals surface area contributed by atoms with Gasteiger partial charge in [-0.1, -0.05) is 24.3 Å². The average molecular weight is 352 g/mol. The summed E-state index contributed by atoms with van der Waals surface area (Å²) in [7, 11) is 1.61. The van der Waals surface area contributed by atoms with Gasteiger partial charge in [-0.05, 0) is 38.5 Å². The topological polar surface area (TPSA) is 67.2 Å². The van der Waals surface area contributed by atoms with Crippen molar-refractivity contribution in [1.82, 2.24) is 9.55 Å². The molecule has 2 N–H and O–H groups in total. The number of aromatic nitrogens is 2. The molecule has 0 amide bonds. The van der Waals surface area contributed by atoms with Crippen LogP contribution in [-0.2, 0) is 12.1 Å². The highest BCUT2D eigenvalue weighted by atomic mass is 16.5. The summed E-state index contributed by atoms with van der Waals surface area (Å²) in [4.78, 5) is 15.7. The van der Waals surface area contributed by atoms with Crippen molar-refractivity contribution in [3.63, 3.8) is 0 Å². The van der Waals surface area contributed by atoms with Crippen molar-refractivity contribution in [1.29, 1.82) is 0 Å². The number of nitrogens with zero attached hydrogens (tertiary/aromatic N) is 1. The van der Waals surface area contributed by atoms with Gasteiger partial charge < -0.3 is 19.4 Å². The SMILES string of the molecule is C/C=C/Cn1cc(-c2ccc(C(C)(C)O)cc2OC)c2cc[nH]c2c1=O. The number of ether oxygens (including phenoxy) is 1. The van der Waals surface area contributed by atoms with Gasteiger partial charge in [0.15, 0.2) is 0 Å². The van der Waals surface area contributed by atoms with Gasteiger partial charge >= 0.3 is 0 Å².